The normalized spacial score (nSPS) is 31.5. The zero-order valence-electron chi connectivity index (χ0n) is 8.59. The van der Waals surface area contributed by atoms with E-state index in [0.717, 1.165) is 19.3 Å². The number of nitrogens with zero attached hydrogens (tertiary/aromatic N) is 1. The number of hydrogen-bond donors (Lipinski definition) is 0. The lowest BCUT2D eigenvalue weighted by atomic mass is 9.97. The smallest absolute Gasteiger partial charge is 0.257 e. The van der Waals surface area contributed by atoms with Crippen LogP contribution in [-0.2, 0) is 4.79 Å². The summed E-state index contributed by atoms with van der Waals surface area (Å²) in [4.78, 5) is 13.2. The summed E-state index contributed by atoms with van der Waals surface area (Å²) in [7, 11) is 0. The fourth-order valence-electron chi connectivity index (χ4n) is 2.06. The molecule has 3 heteroatoms. The van der Waals surface area contributed by atoms with Crippen molar-refractivity contribution in [2.75, 3.05) is 0 Å². The molecule has 1 amide bonds. The van der Waals surface area contributed by atoms with Gasteiger partial charge in [0.1, 0.15) is 0 Å². The van der Waals surface area contributed by atoms with E-state index in [-0.39, 0.29) is 18.0 Å². The van der Waals surface area contributed by atoms with E-state index in [2.05, 4.69) is 0 Å². The average molecular weight is 187 g/mol. The maximum Gasteiger partial charge on any atom is 0.257 e. The molecular weight excluding hydrogens is 169 g/mol. The highest BCUT2D eigenvalue weighted by Gasteiger charge is 2.31. The predicted molar refractivity (Wildman–Crippen MR) is 50.2 cm³/mol. The van der Waals surface area contributed by atoms with Crippen LogP contribution in [0.5, 0.6) is 0 Å². The van der Waals surface area contributed by atoms with Gasteiger partial charge in [-0.25, -0.2) is 4.39 Å². The van der Waals surface area contributed by atoms with E-state index in [1.54, 1.807) is 4.90 Å². The molecule has 1 aliphatic heterocycles. The summed E-state index contributed by atoms with van der Waals surface area (Å²) in [6.45, 7) is 5.31. The molecule has 0 spiro atoms. The lowest BCUT2D eigenvalue weighted by molar-refractivity contribution is -0.142. The molecule has 0 saturated carbocycles. The molecule has 1 fully saturated rings. The number of hydrogen-bond acceptors (Lipinski definition) is 1. The lowest BCUT2D eigenvalue weighted by Gasteiger charge is -2.39. The number of carbonyl (C=O) groups is 1. The Hall–Kier alpha value is -0.600. The molecule has 1 heterocycles. The average Bonchev–Trinajstić information content (AvgIpc) is 2.03. The molecule has 1 aliphatic rings. The number of likely N-dealkylation sites (tertiary alicyclic amines) is 1. The summed E-state index contributed by atoms with van der Waals surface area (Å²) in [5.74, 6) is -0.347. The molecule has 3 atom stereocenters. The van der Waals surface area contributed by atoms with E-state index >= 15 is 0 Å². The van der Waals surface area contributed by atoms with Crippen LogP contribution in [0.25, 0.3) is 0 Å². The highest BCUT2D eigenvalue weighted by Crippen LogP contribution is 2.23. The van der Waals surface area contributed by atoms with Crippen molar-refractivity contribution in [1.29, 1.82) is 0 Å². The van der Waals surface area contributed by atoms with Crippen molar-refractivity contribution >= 4 is 5.91 Å². The molecule has 2 nitrogen and oxygen atoms in total. The summed E-state index contributed by atoms with van der Waals surface area (Å²) < 4.78 is 12.8. The Labute approximate surface area is 79.1 Å². The minimum Gasteiger partial charge on any atom is -0.335 e. The molecule has 13 heavy (non-hydrogen) atoms. The maximum atomic E-state index is 12.8. The van der Waals surface area contributed by atoms with Crippen molar-refractivity contribution in [3.05, 3.63) is 0 Å². The second-order valence-corrected chi connectivity index (χ2v) is 3.99. The van der Waals surface area contributed by atoms with E-state index in [4.69, 9.17) is 0 Å². The fraction of sp³-hybridized carbons (Fsp3) is 0.900. The molecule has 1 saturated heterocycles. The van der Waals surface area contributed by atoms with Gasteiger partial charge in [0, 0.05) is 12.1 Å². The zero-order chi connectivity index (χ0) is 10.0. The summed E-state index contributed by atoms with van der Waals surface area (Å²) in [6.07, 6.45) is 1.79. The van der Waals surface area contributed by atoms with E-state index in [1.165, 1.54) is 6.92 Å². The number of carbonyl (C=O) groups excluding carboxylic acids is 1. The van der Waals surface area contributed by atoms with Crippen LogP contribution in [0, 0.1) is 0 Å². The molecule has 0 radical (unpaired) electrons. The Kier molecular flexibility index (Phi) is 3.28. The Bertz CT molecular complexity index is 183. The minimum atomic E-state index is -1.36. The van der Waals surface area contributed by atoms with E-state index in [9.17, 15) is 9.18 Å². The van der Waals surface area contributed by atoms with Crippen LogP contribution in [0.3, 0.4) is 0 Å². The predicted octanol–water partition coefficient (Wildman–Crippen LogP) is 2.13. The Morgan fingerprint density at radius 2 is 1.85 bits per heavy atom. The van der Waals surface area contributed by atoms with Crippen LogP contribution < -0.4 is 0 Å². The van der Waals surface area contributed by atoms with Crippen molar-refractivity contribution in [2.45, 2.75) is 58.3 Å². The number of halogens is 1. The quantitative estimate of drug-likeness (QED) is 0.616. The fourth-order valence-corrected chi connectivity index (χ4v) is 2.06. The van der Waals surface area contributed by atoms with E-state index in [1.807, 2.05) is 13.8 Å². The molecule has 3 unspecified atom stereocenters. The third-order valence-corrected chi connectivity index (χ3v) is 2.79. The van der Waals surface area contributed by atoms with Gasteiger partial charge in [-0.2, -0.15) is 0 Å². The Morgan fingerprint density at radius 1 is 1.38 bits per heavy atom. The molecule has 1 rings (SSSR count). The van der Waals surface area contributed by atoms with Gasteiger partial charge in [0.05, 0.1) is 0 Å². The first-order valence-electron chi connectivity index (χ1n) is 5.00. The van der Waals surface area contributed by atoms with Gasteiger partial charge in [0.15, 0.2) is 6.17 Å². The minimum absolute atomic E-state index is 0.203. The molecule has 76 valence electrons. The summed E-state index contributed by atoms with van der Waals surface area (Å²) in [5, 5.41) is 0. The molecule has 0 aromatic carbocycles. The van der Waals surface area contributed by atoms with Crippen LogP contribution in [-0.4, -0.2) is 29.1 Å². The standard InChI is InChI=1S/C10H18FNO/c1-7-5-4-6-8(2)12(7)10(13)9(3)11/h7-9H,4-6H2,1-3H3. The summed E-state index contributed by atoms with van der Waals surface area (Å²) >= 11 is 0. The molecular formula is C10H18FNO. The van der Waals surface area contributed by atoms with Crippen LogP contribution >= 0.6 is 0 Å². The largest absolute Gasteiger partial charge is 0.335 e. The van der Waals surface area contributed by atoms with E-state index in [0.29, 0.717) is 0 Å². The Morgan fingerprint density at radius 3 is 2.23 bits per heavy atom. The molecule has 0 bridgehead atoms. The second kappa shape index (κ2) is 4.07. The van der Waals surface area contributed by atoms with Crippen LogP contribution in [0.2, 0.25) is 0 Å². The summed E-state index contributed by atoms with van der Waals surface area (Å²) in [5.41, 5.74) is 0. The van der Waals surface area contributed by atoms with Crippen LogP contribution in [0.4, 0.5) is 4.39 Å². The number of amides is 1. The SMILES string of the molecule is CC(F)C(=O)N1C(C)CCCC1C. The first-order valence-corrected chi connectivity index (χ1v) is 5.00. The first kappa shape index (κ1) is 10.5. The maximum absolute atomic E-state index is 12.8. The van der Waals surface area contributed by atoms with Crippen molar-refractivity contribution < 1.29 is 9.18 Å². The van der Waals surface area contributed by atoms with Crippen molar-refractivity contribution in [3.63, 3.8) is 0 Å². The van der Waals surface area contributed by atoms with Crippen molar-refractivity contribution in [3.8, 4) is 0 Å². The van der Waals surface area contributed by atoms with Gasteiger partial charge in [-0.15, -0.1) is 0 Å². The molecule has 0 N–H and O–H groups in total. The number of rotatable bonds is 1. The van der Waals surface area contributed by atoms with Gasteiger partial charge in [-0.3, -0.25) is 4.79 Å². The molecule has 0 aromatic heterocycles. The monoisotopic (exact) mass is 187 g/mol. The summed E-state index contributed by atoms with van der Waals surface area (Å²) in [6, 6.07) is 0.406. The molecule has 0 aromatic rings. The van der Waals surface area contributed by atoms with Gasteiger partial charge >= 0.3 is 0 Å². The topological polar surface area (TPSA) is 20.3 Å². The van der Waals surface area contributed by atoms with Gasteiger partial charge in [0.2, 0.25) is 0 Å². The number of piperidine rings is 1. The second-order valence-electron chi connectivity index (χ2n) is 3.99. The van der Waals surface area contributed by atoms with Crippen molar-refractivity contribution in [2.24, 2.45) is 0 Å². The third kappa shape index (κ3) is 2.20. The zero-order valence-corrected chi connectivity index (χ0v) is 8.59. The van der Waals surface area contributed by atoms with Crippen LogP contribution in [0.15, 0.2) is 0 Å². The van der Waals surface area contributed by atoms with Crippen LogP contribution in [0.1, 0.15) is 40.0 Å². The third-order valence-electron chi connectivity index (χ3n) is 2.79. The first-order chi connectivity index (χ1) is 6.04. The van der Waals surface area contributed by atoms with E-state index < -0.39 is 6.17 Å². The van der Waals surface area contributed by atoms with Crippen molar-refractivity contribution in [1.82, 2.24) is 4.90 Å². The number of alkyl halides is 1. The highest BCUT2D eigenvalue weighted by atomic mass is 19.1. The highest BCUT2D eigenvalue weighted by molar-refractivity contribution is 5.81. The van der Waals surface area contributed by atoms with Gasteiger partial charge in [0.25, 0.3) is 5.91 Å². The lowest BCUT2D eigenvalue weighted by Crippen LogP contribution is -2.50. The Balaban J connectivity index is 2.68. The molecule has 0 aliphatic carbocycles. The van der Waals surface area contributed by atoms with Gasteiger partial charge in [-0.1, -0.05) is 0 Å². The van der Waals surface area contributed by atoms with Gasteiger partial charge < -0.3 is 4.90 Å². The van der Waals surface area contributed by atoms with Gasteiger partial charge in [-0.05, 0) is 40.0 Å².